The molecule has 1 saturated heterocycles. The Hall–Kier alpha value is -2.73. The van der Waals surface area contributed by atoms with Crippen LogP contribution in [0.5, 0.6) is 0 Å². The zero-order valence-corrected chi connectivity index (χ0v) is 17.1. The molecule has 1 atom stereocenters. The van der Waals surface area contributed by atoms with Gasteiger partial charge in [-0.3, -0.25) is 9.36 Å². The third-order valence-electron chi connectivity index (χ3n) is 5.52. The fraction of sp³-hybridized carbons (Fsp3) is 0.364. The van der Waals surface area contributed by atoms with Gasteiger partial charge in [-0.15, -0.1) is 0 Å². The number of fused-ring (bicyclic) bond motifs is 1. The van der Waals surface area contributed by atoms with Crippen molar-refractivity contribution in [3.05, 3.63) is 63.6 Å². The van der Waals surface area contributed by atoms with E-state index in [0.29, 0.717) is 30.1 Å². The number of para-hydroxylation sites is 2. The molecule has 0 radical (unpaired) electrons. The predicted molar refractivity (Wildman–Crippen MR) is 115 cm³/mol. The first-order valence-electron chi connectivity index (χ1n) is 9.87. The van der Waals surface area contributed by atoms with Crippen LogP contribution in [0.1, 0.15) is 18.4 Å². The van der Waals surface area contributed by atoms with Crippen LogP contribution in [-0.2, 0) is 11.3 Å². The van der Waals surface area contributed by atoms with Crippen molar-refractivity contribution >= 4 is 34.3 Å². The van der Waals surface area contributed by atoms with Crippen LogP contribution in [0.25, 0.3) is 11.1 Å². The Morgan fingerprint density at radius 2 is 2.10 bits per heavy atom. The van der Waals surface area contributed by atoms with Crippen LogP contribution in [-0.4, -0.2) is 30.1 Å². The molecule has 1 N–H and O–H groups in total. The van der Waals surface area contributed by atoms with Gasteiger partial charge in [0.25, 0.3) is 0 Å². The highest BCUT2D eigenvalue weighted by Crippen LogP contribution is 2.29. The average molecular weight is 414 g/mol. The largest absolute Gasteiger partial charge is 0.419 e. The van der Waals surface area contributed by atoms with E-state index in [-0.39, 0.29) is 12.3 Å². The summed E-state index contributed by atoms with van der Waals surface area (Å²) in [7, 11) is 0. The maximum Gasteiger partial charge on any atom is 0.419 e. The van der Waals surface area contributed by atoms with Gasteiger partial charge in [0.15, 0.2) is 5.58 Å². The molecule has 1 fully saturated rings. The van der Waals surface area contributed by atoms with E-state index in [1.54, 1.807) is 6.07 Å². The lowest BCUT2D eigenvalue weighted by Gasteiger charge is -2.21. The predicted octanol–water partition coefficient (Wildman–Crippen LogP) is 3.59. The topological polar surface area (TPSA) is 67.5 Å². The SMILES string of the molecule is Cc1ccc(Cl)cc1N1CCC(CNC(=O)CCn2c(=O)oc3ccccc32)C1. The molecule has 152 valence electrons. The quantitative estimate of drug-likeness (QED) is 0.670. The van der Waals surface area contributed by atoms with Gasteiger partial charge in [-0.1, -0.05) is 29.8 Å². The van der Waals surface area contributed by atoms with E-state index in [2.05, 4.69) is 17.1 Å². The lowest BCUT2D eigenvalue weighted by atomic mass is 10.1. The van der Waals surface area contributed by atoms with Gasteiger partial charge >= 0.3 is 5.76 Å². The second-order valence-electron chi connectivity index (χ2n) is 7.57. The van der Waals surface area contributed by atoms with Crippen molar-refractivity contribution in [1.82, 2.24) is 9.88 Å². The van der Waals surface area contributed by atoms with Gasteiger partial charge in [0.1, 0.15) is 0 Å². The summed E-state index contributed by atoms with van der Waals surface area (Å²) in [5, 5.41) is 3.76. The van der Waals surface area contributed by atoms with Crippen molar-refractivity contribution < 1.29 is 9.21 Å². The molecule has 29 heavy (non-hydrogen) atoms. The Balaban J connectivity index is 1.28. The number of carbonyl (C=O) groups excluding carboxylic acids is 1. The Kier molecular flexibility index (Phi) is 5.62. The van der Waals surface area contributed by atoms with E-state index < -0.39 is 5.76 Å². The molecular formula is C22H24ClN3O3. The summed E-state index contributed by atoms with van der Waals surface area (Å²) in [5.74, 6) is -0.0864. The average Bonchev–Trinajstić information content (AvgIpc) is 3.30. The minimum Gasteiger partial charge on any atom is -0.408 e. The van der Waals surface area contributed by atoms with Gasteiger partial charge in [0, 0.05) is 43.3 Å². The summed E-state index contributed by atoms with van der Waals surface area (Å²) in [6.07, 6.45) is 1.27. The number of rotatable bonds is 6. The molecule has 7 heteroatoms. The van der Waals surface area contributed by atoms with Crippen LogP contribution >= 0.6 is 11.6 Å². The Bertz CT molecular complexity index is 1090. The fourth-order valence-corrected chi connectivity index (χ4v) is 4.09. The highest BCUT2D eigenvalue weighted by Gasteiger charge is 2.24. The van der Waals surface area contributed by atoms with Gasteiger partial charge < -0.3 is 14.6 Å². The van der Waals surface area contributed by atoms with E-state index in [4.69, 9.17) is 16.0 Å². The van der Waals surface area contributed by atoms with Gasteiger partial charge in [-0.2, -0.15) is 0 Å². The number of benzene rings is 2. The Morgan fingerprint density at radius 1 is 1.28 bits per heavy atom. The number of aryl methyl sites for hydroxylation is 2. The van der Waals surface area contributed by atoms with E-state index in [1.165, 1.54) is 10.1 Å². The van der Waals surface area contributed by atoms with Crippen LogP contribution in [0.4, 0.5) is 5.69 Å². The van der Waals surface area contributed by atoms with Crippen molar-refractivity contribution in [3.8, 4) is 0 Å². The minimum absolute atomic E-state index is 0.0560. The molecule has 6 nitrogen and oxygen atoms in total. The Labute approximate surface area is 174 Å². The van der Waals surface area contributed by atoms with Crippen molar-refractivity contribution in [3.63, 3.8) is 0 Å². The maximum atomic E-state index is 12.3. The number of oxazole rings is 1. The zero-order chi connectivity index (χ0) is 20.4. The molecule has 1 aliphatic rings. The number of nitrogens with one attached hydrogen (secondary N) is 1. The van der Waals surface area contributed by atoms with Crippen LogP contribution in [0.15, 0.2) is 51.7 Å². The molecule has 1 aliphatic heterocycles. The summed E-state index contributed by atoms with van der Waals surface area (Å²) in [4.78, 5) is 26.6. The third-order valence-corrected chi connectivity index (χ3v) is 5.76. The van der Waals surface area contributed by atoms with Gasteiger partial charge in [0.2, 0.25) is 5.91 Å². The van der Waals surface area contributed by atoms with Crippen LogP contribution in [0.3, 0.4) is 0 Å². The number of nitrogens with zero attached hydrogens (tertiary/aromatic N) is 2. The van der Waals surface area contributed by atoms with Crippen LogP contribution < -0.4 is 16.0 Å². The molecular weight excluding hydrogens is 390 g/mol. The summed E-state index contributed by atoms with van der Waals surface area (Å²) in [6, 6.07) is 13.2. The summed E-state index contributed by atoms with van der Waals surface area (Å²) in [6.45, 7) is 4.88. The molecule has 0 spiro atoms. The van der Waals surface area contributed by atoms with Crippen molar-refractivity contribution in [2.24, 2.45) is 5.92 Å². The molecule has 0 bridgehead atoms. The van der Waals surface area contributed by atoms with Crippen LogP contribution in [0, 0.1) is 12.8 Å². The second-order valence-corrected chi connectivity index (χ2v) is 8.01. The van der Waals surface area contributed by atoms with E-state index in [0.717, 1.165) is 30.2 Å². The number of carbonyl (C=O) groups is 1. The highest BCUT2D eigenvalue weighted by molar-refractivity contribution is 6.30. The molecule has 3 aromatic rings. The van der Waals surface area contributed by atoms with E-state index in [9.17, 15) is 9.59 Å². The molecule has 1 amide bonds. The number of halogens is 1. The summed E-state index contributed by atoms with van der Waals surface area (Å²) >= 11 is 6.14. The molecule has 4 rings (SSSR count). The second kappa shape index (κ2) is 8.33. The summed E-state index contributed by atoms with van der Waals surface area (Å²) < 4.78 is 6.71. The molecule has 2 heterocycles. The van der Waals surface area contributed by atoms with Crippen molar-refractivity contribution in [1.29, 1.82) is 0 Å². The smallest absolute Gasteiger partial charge is 0.408 e. The third kappa shape index (κ3) is 4.32. The molecule has 2 aromatic carbocycles. The zero-order valence-electron chi connectivity index (χ0n) is 16.4. The first-order chi connectivity index (χ1) is 14.0. The molecule has 0 aliphatic carbocycles. The molecule has 1 unspecified atom stereocenters. The van der Waals surface area contributed by atoms with Gasteiger partial charge in [-0.05, 0) is 49.1 Å². The number of amides is 1. The van der Waals surface area contributed by atoms with Crippen molar-refractivity contribution in [2.75, 3.05) is 24.5 Å². The van der Waals surface area contributed by atoms with Gasteiger partial charge in [-0.25, -0.2) is 4.79 Å². The maximum absolute atomic E-state index is 12.3. The number of hydrogen-bond acceptors (Lipinski definition) is 4. The Morgan fingerprint density at radius 3 is 2.97 bits per heavy atom. The van der Waals surface area contributed by atoms with E-state index >= 15 is 0 Å². The normalized spacial score (nSPS) is 16.5. The number of aromatic nitrogens is 1. The lowest BCUT2D eigenvalue weighted by molar-refractivity contribution is -0.121. The lowest BCUT2D eigenvalue weighted by Crippen LogP contribution is -2.32. The fourth-order valence-electron chi connectivity index (χ4n) is 3.93. The summed E-state index contributed by atoms with van der Waals surface area (Å²) in [5.41, 5.74) is 3.63. The first kappa shape index (κ1) is 19.6. The highest BCUT2D eigenvalue weighted by atomic mass is 35.5. The molecule has 1 aromatic heterocycles. The first-order valence-corrected chi connectivity index (χ1v) is 10.3. The molecule has 0 saturated carbocycles. The van der Waals surface area contributed by atoms with Gasteiger partial charge in [0.05, 0.1) is 5.52 Å². The monoisotopic (exact) mass is 413 g/mol. The number of hydrogen-bond donors (Lipinski definition) is 1. The number of anilines is 1. The van der Waals surface area contributed by atoms with Crippen LogP contribution in [0.2, 0.25) is 5.02 Å². The van der Waals surface area contributed by atoms with E-state index in [1.807, 2.05) is 36.4 Å². The minimum atomic E-state index is -0.428. The van der Waals surface area contributed by atoms with Crippen molar-refractivity contribution in [2.45, 2.75) is 26.3 Å². The standard InChI is InChI=1S/C22H24ClN3O3/c1-15-6-7-17(23)12-19(15)25-10-8-16(14-25)13-24-21(27)9-11-26-18-4-2-3-5-20(18)29-22(26)28/h2-7,12,16H,8-11,13-14H2,1H3,(H,24,27).